The first-order valence-electron chi connectivity index (χ1n) is 5.97. The SMILES string of the molecule is CCOC(=O)CCS(=O)(=O)NC(C)(C)CCC(=O)O. The van der Waals surface area contributed by atoms with Crippen LogP contribution in [0, 0.1) is 0 Å². The predicted molar refractivity (Wildman–Crippen MR) is 69.1 cm³/mol. The number of aliphatic carboxylic acids is 1. The lowest BCUT2D eigenvalue weighted by Gasteiger charge is -2.25. The van der Waals surface area contributed by atoms with Crippen molar-refractivity contribution in [3.8, 4) is 0 Å². The van der Waals surface area contributed by atoms with Crippen molar-refractivity contribution in [2.75, 3.05) is 12.4 Å². The molecule has 112 valence electrons. The van der Waals surface area contributed by atoms with Crippen LogP contribution in [0.1, 0.15) is 40.0 Å². The fraction of sp³-hybridized carbons (Fsp3) is 0.818. The minimum Gasteiger partial charge on any atom is -0.481 e. The molecule has 2 N–H and O–H groups in total. The van der Waals surface area contributed by atoms with Gasteiger partial charge in [0.2, 0.25) is 10.0 Å². The molecule has 0 atom stereocenters. The van der Waals surface area contributed by atoms with Crippen LogP contribution in [0.5, 0.6) is 0 Å². The maximum Gasteiger partial charge on any atom is 0.306 e. The van der Waals surface area contributed by atoms with Crippen molar-refractivity contribution in [3.05, 3.63) is 0 Å². The van der Waals surface area contributed by atoms with E-state index in [9.17, 15) is 18.0 Å². The maximum absolute atomic E-state index is 11.7. The second-order valence-corrected chi connectivity index (χ2v) is 6.60. The van der Waals surface area contributed by atoms with Gasteiger partial charge >= 0.3 is 11.9 Å². The van der Waals surface area contributed by atoms with Gasteiger partial charge < -0.3 is 9.84 Å². The summed E-state index contributed by atoms with van der Waals surface area (Å²) in [4.78, 5) is 21.5. The molecule has 0 amide bonds. The number of carbonyl (C=O) groups is 2. The second-order valence-electron chi connectivity index (χ2n) is 4.75. The Kier molecular flexibility index (Phi) is 6.99. The first-order valence-corrected chi connectivity index (χ1v) is 7.62. The van der Waals surface area contributed by atoms with Gasteiger partial charge in [-0.15, -0.1) is 0 Å². The van der Waals surface area contributed by atoms with Gasteiger partial charge in [-0.1, -0.05) is 0 Å². The molecule has 0 rings (SSSR count). The molecule has 0 radical (unpaired) electrons. The third-order valence-electron chi connectivity index (χ3n) is 2.28. The Morgan fingerprint density at radius 2 is 1.84 bits per heavy atom. The Hall–Kier alpha value is -1.15. The van der Waals surface area contributed by atoms with E-state index in [0.717, 1.165) is 0 Å². The highest BCUT2D eigenvalue weighted by Crippen LogP contribution is 2.13. The fourth-order valence-electron chi connectivity index (χ4n) is 1.39. The van der Waals surface area contributed by atoms with E-state index in [1.807, 2.05) is 0 Å². The van der Waals surface area contributed by atoms with E-state index >= 15 is 0 Å². The molecule has 19 heavy (non-hydrogen) atoms. The average molecular weight is 295 g/mol. The normalized spacial score (nSPS) is 12.2. The van der Waals surface area contributed by atoms with Crippen molar-refractivity contribution >= 4 is 22.0 Å². The number of carboxylic acid groups (broad SMARTS) is 1. The molecule has 8 heteroatoms. The number of hydrogen-bond acceptors (Lipinski definition) is 5. The van der Waals surface area contributed by atoms with Crippen LogP contribution >= 0.6 is 0 Å². The van der Waals surface area contributed by atoms with Crippen molar-refractivity contribution in [2.45, 2.75) is 45.6 Å². The Balaban J connectivity index is 4.34. The molecule has 0 saturated carbocycles. The smallest absolute Gasteiger partial charge is 0.306 e. The molecule has 7 nitrogen and oxygen atoms in total. The number of sulfonamides is 1. The lowest BCUT2D eigenvalue weighted by atomic mass is 10.0. The number of hydrogen-bond donors (Lipinski definition) is 2. The monoisotopic (exact) mass is 295 g/mol. The second kappa shape index (κ2) is 7.44. The molecule has 0 aliphatic rings. The highest BCUT2D eigenvalue weighted by atomic mass is 32.2. The zero-order valence-electron chi connectivity index (χ0n) is 11.4. The average Bonchev–Trinajstić information content (AvgIpc) is 2.23. The molecular formula is C11H21NO6S. The van der Waals surface area contributed by atoms with E-state index in [-0.39, 0.29) is 31.6 Å². The van der Waals surface area contributed by atoms with Gasteiger partial charge in [0.05, 0.1) is 18.8 Å². The molecule has 0 saturated heterocycles. The van der Waals surface area contributed by atoms with E-state index in [4.69, 9.17) is 5.11 Å². The summed E-state index contributed by atoms with van der Waals surface area (Å²) < 4.78 is 30.5. The molecule has 0 aromatic carbocycles. The summed E-state index contributed by atoms with van der Waals surface area (Å²) in [5, 5.41) is 8.57. The highest BCUT2D eigenvalue weighted by Gasteiger charge is 2.26. The Morgan fingerprint density at radius 1 is 1.26 bits per heavy atom. The molecule has 0 bridgehead atoms. The molecule has 0 spiro atoms. The van der Waals surface area contributed by atoms with Crippen molar-refractivity contribution < 1.29 is 27.9 Å². The Labute approximate surface area is 113 Å². The number of nitrogens with one attached hydrogen (secondary N) is 1. The van der Waals surface area contributed by atoms with Crippen LogP contribution in [0.4, 0.5) is 0 Å². The summed E-state index contributed by atoms with van der Waals surface area (Å²) in [5.41, 5.74) is -0.869. The van der Waals surface area contributed by atoms with Crippen LogP contribution in [-0.4, -0.2) is 43.4 Å². The van der Waals surface area contributed by atoms with Gasteiger partial charge in [0, 0.05) is 12.0 Å². The molecule has 0 heterocycles. The van der Waals surface area contributed by atoms with Gasteiger partial charge in [0.1, 0.15) is 0 Å². The molecule has 0 fully saturated rings. The van der Waals surface area contributed by atoms with Gasteiger partial charge in [-0.25, -0.2) is 13.1 Å². The lowest BCUT2D eigenvalue weighted by molar-refractivity contribution is -0.142. The molecule has 0 aromatic heterocycles. The highest BCUT2D eigenvalue weighted by molar-refractivity contribution is 7.89. The number of carbonyl (C=O) groups excluding carboxylic acids is 1. The van der Waals surface area contributed by atoms with E-state index < -0.39 is 27.5 Å². The Morgan fingerprint density at radius 3 is 2.32 bits per heavy atom. The number of rotatable bonds is 9. The first-order chi connectivity index (χ1) is 8.58. The van der Waals surface area contributed by atoms with Crippen LogP contribution < -0.4 is 4.72 Å². The van der Waals surface area contributed by atoms with Crippen LogP contribution in [-0.2, 0) is 24.3 Å². The van der Waals surface area contributed by atoms with Crippen molar-refractivity contribution in [2.24, 2.45) is 0 Å². The number of ether oxygens (including phenoxy) is 1. The summed E-state index contributed by atoms with van der Waals surface area (Å²) in [6, 6.07) is 0. The van der Waals surface area contributed by atoms with E-state index in [0.29, 0.717) is 0 Å². The summed E-state index contributed by atoms with van der Waals surface area (Å²) in [5.74, 6) is -1.93. The molecule has 0 aromatic rings. The summed E-state index contributed by atoms with van der Waals surface area (Å²) >= 11 is 0. The minimum absolute atomic E-state index is 0.132. The van der Waals surface area contributed by atoms with Crippen LogP contribution in [0.3, 0.4) is 0 Å². The quantitative estimate of drug-likeness (QED) is 0.599. The van der Waals surface area contributed by atoms with E-state index in [2.05, 4.69) is 9.46 Å². The van der Waals surface area contributed by atoms with E-state index in [1.54, 1.807) is 20.8 Å². The minimum atomic E-state index is -3.64. The van der Waals surface area contributed by atoms with Crippen molar-refractivity contribution in [3.63, 3.8) is 0 Å². The van der Waals surface area contributed by atoms with Crippen LogP contribution in [0.15, 0.2) is 0 Å². The van der Waals surface area contributed by atoms with Gasteiger partial charge in [0.25, 0.3) is 0 Å². The molecule has 0 aliphatic heterocycles. The number of esters is 1. The predicted octanol–water partition coefficient (Wildman–Crippen LogP) is 0.502. The van der Waals surface area contributed by atoms with Gasteiger partial charge in [-0.05, 0) is 27.2 Å². The van der Waals surface area contributed by atoms with Gasteiger partial charge in [-0.2, -0.15) is 0 Å². The van der Waals surface area contributed by atoms with Crippen LogP contribution in [0.2, 0.25) is 0 Å². The summed E-state index contributed by atoms with van der Waals surface area (Å²) in [6.45, 7) is 5.03. The van der Waals surface area contributed by atoms with Gasteiger partial charge in [0.15, 0.2) is 0 Å². The standard InChI is InChI=1S/C11H21NO6S/c1-4-18-10(15)6-8-19(16,17)12-11(2,3)7-5-9(13)14/h12H,4-8H2,1-3H3,(H,13,14). The maximum atomic E-state index is 11.7. The first kappa shape index (κ1) is 17.8. The summed E-state index contributed by atoms with van der Waals surface area (Å²) in [6.07, 6.45) is -0.188. The van der Waals surface area contributed by atoms with Crippen molar-refractivity contribution in [1.82, 2.24) is 4.72 Å². The molecular weight excluding hydrogens is 274 g/mol. The molecule has 0 aliphatic carbocycles. The fourth-order valence-corrected chi connectivity index (χ4v) is 2.87. The largest absolute Gasteiger partial charge is 0.481 e. The zero-order valence-corrected chi connectivity index (χ0v) is 12.2. The third kappa shape index (κ3) is 9.43. The third-order valence-corrected chi connectivity index (χ3v) is 3.88. The zero-order chi connectivity index (χ0) is 15.1. The topological polar surface area (TPSA) is 110 Å². The lowest BCUT2D eigenvalue weighted by Crippen LogP contribution is -2.44. The van der Waals surface area contributed by atoms with E-state index in [1.165, 1.54) is 0 Å². The summed E-state index contributed by atoms with van der Waals surface area (Å²) in [7, 11) is -3.64. The van der Waals surface area contributed by atoms with Gasteiger partial charge in [-0.3, -0.25) is 9.59 Å². The Bertz CT molecular complexity index is 415. The number of carboxylic acids is 1. The van der Waals surface area contributed by atoms with Crippen LogP contribution in [0.25, 0.3) is 0 Å². The van der Waals surface area contributed by atoms with Crippen molar-refractivity contribution in [1.29, 1.82) is 0 Å². The molecule has 0 unspecified atom stereocenters.